The number of aliphatic hydroxyl groups excluding tert-OH is 1. The van der Waals surface area contributed by atoms with Crippen LogP contribution < -0.4 is 10.1 Å². The van der Waals surface area contributed by atoms with E-state index in [1.54, 1.807) is 7.11 Å². The molecule has 1 amide bonds. The molecule has 0 fully saturated rings. The lowest BCUT2D eigenvalue weighted by Gasteiger charge is -2.19. The molecule has 0 saturated heterocycles. The molecule has 120 valence electrons. The van der Waals surface area contributed by atoms with Gasteiger partial charge in [-0.05, 0) is 54.8 Å². The Morgan fingerprint density at radius 3 is 2.43 bits per heavy atom. The third-order valence-corrected chi connectivity index (χ3v) is 5.48. The van der Waals surface area contributed by atoms with E-state index in [4.69, 9.17) is 4.74 Å². The number of fused-ring (bicyclic) bond motifs is 1. The van der Waals surface area contributed by atoms with Crippen LogP contribution in [0.3, 0.4) is 0 Å². The second kappa shape index (κ2) is 6.26. The van der Waals surface area contributed by atoms with E-state index in [0.717, 1.165) is 33.0 Å². The van der Waals surface area contributed by atoms with Crippen molar-refractivity contribution in [2.75, 3.05) is 12.4 Å². The number of carbonyl (C=O) groups excluding carboxylic acids is 1. The van der Waals surface area contributed by atoms with Gasteiger partial charge in [0, 0.05) is 4.90 Å². The highest BCUT2D eigenvalue weighted by Gasteiger charge is 2.33. The molecule has 1 aliphatic heterocycles. The standard InChI is InChI=1S/C18H19NO3S/c1-10-8-14-15(9-11(10)2)23-17(16(20)18(21)19-14)12-4-6-13(22-3)7-5-12/h4-9,16-17,20H,1-3H3,(H,19,21)/t16-,17-/m1/s1. The highest BCUT2D eigenvalue weighted by molar-refractivity contribution is 7.99. The summed E-state index contributed by atoms with van der Waals surface area (Å²) in [4.78, 5) is 13.3. The quantitative estimate of drug-likeness (QED) is 0.886. The maximum atomic E-state index is 12.3. The Balaban J connectivity index is 2.01. The number of aliphatic hydroxyl groups is 1. The van der Waals surface area contributed by atoms with Crippen molar-refractivity contribution < 1.29 is 14.6 Å². The molecule has 0 spiro atoms. The van der Waals surface area contributed by atoms with E-state index in [1.165, 1.54) is 11.8 Å². The molecule has 0 aromatic heterocycles. The molecule has 0 bridgehead atoms. The molecule has 4 nitrogen and oxygen atoms in total. The van der Waals surface area contributed by atoms with E-state index >= 15 is 0 Å². The van der Waals surface area contributed by atoms with Gasteiger partial charge in [0.1, 0.15) is 11.9 Å². The molecule has 0 unspecified atom stereocenters. The van der Waals surface area contributed by atoms with Gasteiger partial charge >= 0.3 is 0 Å². The summed E-state index contributed by atoms with van der Waals surface area (Å²) in [6, 6.07) is 11.5. The smallest absolute Gasteiger partial charge is 0.254 e. The summed E-state index contributed by atoms with van der Waals surface area (Å²) in [5.74, 6) is 0.374. The third kappa shape index (κ3) is 3.07. The summed E-state index contributed by atoms with van der Waals surface area (Å²) in [5.41, 5.74) is 3.93. The average Bonchev–Trinajstić information content (AvgIpc) is 2.66. The number of thioether (sulfide) groups is 1. The minimum atomic E-state index is -1.11. The lowest BCUT2D eigenvalue weighted by Crippen LogP contribution is -2.30. The van der Waals surface area contributed by atoms with Gasteiger partial charge in [-0.3, -0.25) is 4.79 Å². The zero-order valence-corrected chi connectivity index (χ0v) is 14.1. The summed E-state index contributed by atoms with van der Waals surface area (Å²) in [5, 5.41) is 12.9. The third-order valence-electron chi connectivity index (χ3n) is 4.11. The van der Waals surface area contributed by atoms with Crippen molar-refractivity contribution in [2.45, 2.75) is 30.1 Å². The van der Waals surface area contributed by atoms with Crippen LogP contribution in [0.5, 0.6) is 5.75 Å². The van der Waals surface area contributed by atoms with E-state index in [0.29, 0.717) is 0 Å². The second-order valence-corrected chi connectivity index (χ2v) is 6.86. The van der Waals surface area contributed by atoms with Crippen LogP contribution in [0.2, 0.25) is 0 Å². The Kier molecular flexibility index (Phi) is 4.33. The van der Waals surface area contributed by atoms with Crippen LogP contribution in [0.15, 0.2) is 41.3 Å². The molecule has 1 aliphatic rings. The molecular weight excluding hydrogens is 310 g/mol. The van der Waals surface area contributed by atoms with E-state index in [2.05, 4.69) is 11.4 Å². The van der Waals surface area contributed by atoms with Crippen molar-refractivity contribution >= 4 is 23.4 Å². The van der Waals surface area contributed by atoms with Crippen molar-refractivity contribution in [1.29, 1.82) is 0 Å². The first kappa shape index (κ1) is 15.9. The van der Waals surface area contributed by atoms with Gasteiger partial charge in [0.2, 0.25) is 0 Å². The SMILES string of the molecule is COc1ccc([C@H]2Sc3cc(C)c(C)cc3NC(=O)[C@@H]2O)cc1. The molecule has 2 atom stereocenters. The van der Waals surface area contributed by atoms with Crippen LogP contribution in [0.4, 0.5) is 5.69 Å². The zero-order chi connectivity index (χ0) is 16.6. The molecule has 23 heavy (non-hydrogen) atoms. The van der Waals surface area contributed by atoms with E-state index in [9.17, 15) is 9.90 Å². The highest BCUT2D eigenvalue weighted by Crippen LogP contribution is 2.44. The first-order valence-corrected chi connectivity index (χ1v) is 8.28. The fraction of sp³-hybridized carbons (Fsp3) is 0.278. The molecule has 2 N–H and O–H groups in total. The van der Waals surface area contributed by atoms with Gasteiger partial charge in [-0.2, -0.15) is 0 Å². The number of nitrogens with one attached hydrogen (secondary N) is 1. The number of ether oxygens (including phenoxy) is 1. The number of benzene rings is 2. The number of amides is 1. The van der Waals surface area contributed by atoms with Crippen LogP contribution in [0.25, 0.3) is 0 Å². The first-order chi connectivity index (χ1) is 11.0. The van der Waals surface area contributed by atoms with E-state index in [1.807, 2.05) is 44.2 Å². The van der Waals surface area contributed by atoms with Gasteiger partial charge in [-0.25, -0.2) is 0 Å². The van der Waals surface area contributed by atoms with Gasteiger partial charge < -0.3 is 15.2 Å². The van der Waals surface area contributed by atoms with Crippen LogP contribution in [0.1, 0.15) is 21.9 Å². The number of aryl methyl sites for hydroxylation is 2. The van der Waals surface area contributed by atoms with Gasteiger partial charge in [0.05, 0.1) is 18.0 Å². The normalized spacial score (nSPS) is 20.4. The number of methoxy groups -OCH3 is 1. The molecule has 2 aromatic carbocycles. The molecular formula is C18H19NO3S. The van der Waals surface area contributed by atoms with Gasteiger partial charge in [-0.15, -0.1) is 11.8 Å². The largest absolute Gasteiger partial charge is 0.497 e. The molecule has 0 aliphatic carbocycles. The summed E-state index contributed by atoms with van der Waals surface area (Å²) >= 11 is 1.50. The molecule has 5 heteroatoms. The number of hydrogen-bond acceptors (Lipinski definition) is 4. The Hall–Kier alpha value is -1.98. The monoisotopic (exact) mass is 329 g/mol. The Morgan fingerprint density at radius 1 is 1.13 bits per heavy atom. The molecule has 3 rings (SSSR count). The lowest BCUT2D eigenvalue weighted by molar-refractivity contribution is -0.124. The summed E-state index contributed by atoms with van der Waals surface area (Å²) in [6.07, 6.45) is -1.11. The number of anilines is 1. The lowest BCUT2D eigenvalue weighted by atomic mass is 10.1. The van der Waals surface area contributed by atoms with Crippen molar-refractivity contribution in [3.8, 4) is 5.75 Å². The summed E-state index contributed by atoms with van der Waals surface area (Å²) < 4.78 is 5.17. The van der Waals surface area contributed by atoms with Gasteiger partial charge in [-0.1, -0.05) is 12.1 Å². The zero-order valence-electron chi connectivity index (χ0n) is 13.3. The van der Waals surface area contributed by atoms with Gasteiger partial charge in [0.15, 0.2) is 0 Å². The minimum absolute atomic E-state index is 0.357. The molecule has 2 aromatic rings. The summed E-state index contributed by atoms with van der Waals surface area (Å²) in [7, 11) is 1.61. The van der Waals surface area contributed by atoms with Crippen molar-refractivity contribution in [2.24, 2.45) is 0 Å². The maximum absolute atomic E-state index is 12.3. The Morgan fingerprint density at radius 2 is 1.78 bits per heavy atom. The fourth-order valence-corrected chi connectivity index (χ4v) is 3.88. The van der Waals surface area contributed by atoms with Crippen LogP contribution in [-0.4, -0.2) is 24.2 Å². The molecule has 0 radical (unpaired) electrons. The fourth-order valence-electron chi connectivity index (χ4n) is 2.57. The summed E-state index contributed by atoms with van der Waals surface area (Å²) in [6.45, 7) is 4.05. The predicted octanol–water partition coefficient (Wildman–Crippen LogP) is 3.46. The van der Waals surface area contributed by atoms with Crippen molar-refractivity contribution in [1.82, 2.24) is 0 Å². The Bertz CT molecular complexity index is 743. The molecule has 0 saturated carbocycles. The first-order valence-electron chi connectivity index (χ1n) is 7.40. The van der Waals surface area contributed by atoms with Crippen LogP contribution in [0, 0.1) is 13.8 Å². The van der Waals surface area contributed by atoms with Crippen LogP contribution in [-0.2, 0) is 4.79 Å². The van der Waals surface area contributed by atoms with Crippen LogP contribution >= 0.6 is 11.8 Å². The highest BCUT2D eigenvalue weighted by atomic mass is 32.2. The average molecular weight is 329 g/mol. The second-order valence-electron chi connectivity index (χ2n) is 5.68. The van der Waals surface area contributed by atoms with E-state index in [-0.39, 0.29) is 11.2 Å². The van der Waals surface area contributed by atoms with Crippen molar-refractivity contribution in [3.63, 3.8) is 0 Å². The predicted molar refractivity (Wildman–Crippen MR) is 92.1 cm³/mol. The topological polar surface area (TPSA) is 58.6 Å². The van der Waals surface area contributed by atoms with Crippen molar-refractivity contribution in [3.05, 3.63) is 53.1 Å². The minimum Gasteiger partial charge on any atom is -0.497 e. The maximum Gasteiger partial charge on any atom is 0.254 e. The van der Waals surface area contributed by atoms with E-state index < -0.39 is 6.10 Å². The van der Waals surface area contributed by atoms with Gasteiger partial charge in [0.25, 0.3) is 5.91 Å². The Labute approximate surface area is 139 Å². The number of hydrogen-bond donors (Lipinski definition) is 2. The number of rotatable bonds is 2. The number of carbonyl (C=O) groups is 1. The molecule has 1 heterocycles.